The fourth-order valence-corrected chi connectivity index (χ4v) is 4.78. The van der Waals surface area contributed by atoms with E-state index in [1.807, 2.05) is 36.4 Å². The molecule has 232 valence electrons. The highest BCUT2D eigenvalue weighted by atomic mass is 16.6. The van der Waals surface area contributed by atoms with Gasteiger partial charge >= 0.3 is 5.97 Å². The molecule has 0 saturated heterocycles. The molecule has 0 aliphatic carbocycles. The van der Waals surface area contributed by atoms with Crippen molar-refractivity contribution in [1.29, 1.82) is 0 Å². The Kier molecular flexibility index (Phi) is 17.7. The van der Waals surface area contributed by atoms with Crippen molar-refractivity contribution >= 4 is 18.1 Å². The number of methoxy groups -OCH3 is 4. The SMILES string of the molecule is CCCCCCCC/C=C\CCCCCCCC(=O)Oc1ccc(/C=C/c2cc(OC)c(OC)c(OC)c2)cc1OC. The molecule has 0 saturated carbocycles. The molecule has 0 aliphatic heterocycles. The van der Waals surface area contributed by atoms with Gasteiger partial charge in [-0.2, -0.15) is 0 Å². The third kappa shape index (κ3) is 13.1. The van der Waals surface area contributed by atoms with E-state index in [4.69, 9.17) is 23.7 Å². The van der Waals surface area contributed by atoms with Gasteiger partial charge in [-0.3, -0.25) is 4.79 Å². The van der Waals surface area contributed by atoms with E-state index < -0.39 is 0 Å². The van der Waals surface area contributed by atoms with Gasteiger partial charge in [-0.05, 0) is 67.5 Å². The summed E-state index contributed by atoms with van der Waals surface area (Å²) in [6.07, 6.45) is 24.9. The molecule has 2 rings (SSSR count). The van der Waals surface area contributed by atoms with Crippen LogP contribution >= 0.6 is 0 Å². The minimum Gasteiger partial charge on any atom is -0.493 e. The van der Waals surface area contributed by atoms with Crippen LogP contribution in [0, 0.1) is 0 Å². The van der Waals surface area contributed by atoms with E-state index in [1.165, 1.54) is 57.8 Å². The lowest BCUT2D eigenvalue weighted by atomic mass is 10.1. The minimum atomic E-state index is -0.230. The number of esters is 1. The average molecular weight is 581 g/mol. The highest BCUT2D eigenvalue weighted by molar-refractivity contribution is 5.76. The number of unbranched alkanes of at least 4 members (excludes halogenated alkanes) is 11. The first-order chi connectivity index (χ1) is 20.6. The number of hydrogen-bond acceptors (Lipinski definition) is 6. The quantitative estimate of drug-likeness (QED) is 0.0454. The number of carbonyl (C=O) groups is 1. The Labute approximate surface area is 254 Å². The van der Waals surface area contributed by atoms with Crippen molar-refractivity contribution in [3.05, 3.63) is 53.6 Å². The van der Waals surface area contributed by atoms with E-state index in [0.717, 1.165) is 36.8 Å². The fourth-order valence-electron chi connectivity index (χ4n) is 4.78. The van der Waals surface area contributed by atoms with Crippen molar-refractivity contribution in [3.63, 3.8) is 0 Å². The van der Waals surface area contributed by atoms with Gasteiger partial charge in [-0.15, -0.1) is 0 Å². The predicted octanol–water partition coefficient (Wildman–Crippen LogP) is 9.83. The Morgan fingerprint density at radius 1 is 0.595 bits per heavy atom. The van der Waals surface area contributed by atoms with Gasteiger partial charge in [-0.25, -0.2) is 0 Å². The highest BCUT2D eigenvalue weighted by Crippen LogP contribution is 2.39. The third-order valence-electron chi connectivity index (χ3n) is 7.21. The first-order valence-electron chi connectivity index (χ1n) is 15.6. The van der Waals surface area contributed by atoms with Crippen LogP contribution in [0.15, 0.2) is 42.5 Å². The summed E-state index contributed by atoms with van der Waals surface area (Å²) in [5.41, 5.74) is 1.79. The molecule has 2 aromatic rings. The molecular formula is C36H52O6. The zero-order chi connectivity index (χ0) is 30.4. The van der Waals surface area contributed by atoms with Crippen molar-refractivity contribution in [1.82, 2.24) is 0 Å². The molecular weight excluding hydrogens is 528 g/mol. The first kappa shape index (κ1) is 34.8. The Balaban J connectivity index is 1.71. The van der Waals surface area contributed by atoms with Gasteiger partial charge in [0.05, 0.1) is 28.4 Å². The number of ether oxygens (including phenoxy) is 5. The van der Waals surface area contributed by atoms with E-state index in [-0.39, 0.29) is 5.97 Å². The lowest BCUT2D eigenvalue weighted by molar-refractivity contribution is -0.134. The second-order valence-corrected chi connectivity index (χ2v) is 10.5. The summed E-state index contributed by atoms with van der Waals surface area (Å²) < 4.78 is 27.4. The summed E-state index contributed by atoms with van der Waals surface area (Å²) in [5, 5.41) is 0. The smallest absolute Gasteiger partial charge is 0.311 e. The zero-order valence-corrected chi connectivity index (χ0v) is 26.5. The Morgan fingerprint density at radius 2 is 1.12 bits per heavy atom. The fraction of sp³-hybridized carbons (Fsp3) is 0.528. The standard InChI is InChI=1S/C36H52O6/c1-6-7-8-9-10-11-12-13-14-15-16-17-18-19-20-21-35(37)42-31-25-24-29(26-32(31)38-2)22-23-30-27-33(39-3)36(41-5)34(28-30)40-4/h13-14,22-28H,6-12,15-21H2,1-5H3/b14-13-,23-22+. The molecule has 6 heteroatoms. The van der Waals surface area contributed by atoms with Gasteiger partial charge in [0.2, 0.25) is 5.75 Å². The van der Waals surface area contributed by atoms with Crippen LogP contribution in [-0.2, 0) is 4.79 Å². The molecule has 0 radical (unpaired) electrons. The number of allylic oxidation sites excluding steroid dienone is 2. The Bertz CT molecular complexity index is 1080. The van der Waals surface area contributed by atoms with Crippen LogP contribution in [0.3, 0.4) is 0 Å². The molecule has 0 aromatic heterocycles. The van der Waals surface area contributed by atoms with E-state index >= 15 is 0 Å². The summed E-state index contributed by atoms with van der Waals surface area (Å²) in [7, 11) is 6.33. The van der Waals surface area contributed by atoms with Crippen molar-refractivity contribution in [2.75, 3.05) is 28.4 Å². The number of benzene rings is 2. The third-order valence-corrected chi connectivity index (χ3v) is 7.21. The van der Waals surface area contributed by atoms with Gasteiger partial charge in [0.25, 0.3) is 0 Å². The lowest BCUT2D eigenvalue weighted by Gasteiger charge is -2.13. The van der Waals surface area contributed by atoms with Crippen molar-refractivity contribution < 1.29 is 28.5 Å². The lowest BCUT2D eigenvalue weighted by Crippen LogP contribution is -2.08. The van der Waals surface area contributed by atoms with E-state index in [9.17, 15) is 4.79 Å². The first-order valence-corrected chi connectivity index (χ1v) is 15.6. The maximum atomic E-state index is 12.4. The van der Waals surface area contributed by atoms with Crippen LogP contribution in [0.1, 0.15) is 108 Å². The number of rotatable bonds is 22. The molecule has 0 fully saturated rings. The largest absolute Gasteiger partial charge is 0.493 e. The van der Waals surface area contributed by atoms with Gasteiger partial charge in [-0.1, -0.05) is 88.7 Å². The maximum absolute atomic E-state index is 12.4. The summed E-state index contributed by atoms with van der Waals surface area (Å²) in [6, 6.07) is 9.26. The maximum Gasteiger partial charge on any atom is 0.311 e. The van der Waals surface area contributed by atoms with Gasteiger partial charge in [0, 0.05) is 6.42 Å². The summed E-state index contributed by atoms with van der Waals surface area (Å²) in [4.78, 5) is 12.4. The van der Waals surface area contributed by atoms with Crippen LogP contribution in [0.5, 0.6) is 28.7 Å². The van der Waals surface area contributed by atoms with Crippen LogP contribution in [-0.4, -0.2) is 34.4 Å². The Hall–Kier alpha value is -3.41. The Morgan fingerprint density at radius 3 is 1.69 bits per heavy atom. The normalized spacial score (nSPS) is 11.3. The van der Waals surface area contributed by atoms with Crippen molar-refractivity contribution in [3.8, 4) is 28.7 Å². The molecule has 42 heavy (non-hydrogen) atoms. The van der Waals surface area contributed by atoms with E-state index in [1.54, 1.807) is 34.5 Å². The van der Waals surface area contributed by atoms with Crippen molar-refractivity contribution in [2.45, 2.75) is 96.8 Å². The number of hydrogen-bond donors (Lipinski definition) is 0. The molecule has 0 amide bonds. The van der Waals surface area contributed by atoms with Crippen LogP contribution in [0.4, 0.5) is 0 Å². The van der Waals surface area contributed by atoms with Crippen LogP contribution < -0.4 is 23.7 Å². The van der Waals surface area contributed by atoms with Crippen molar-refractivity contribution in [2.24, 2.45) is 0 Å². The molecule has 0 heterocycles. The van der Waals surface area contributed by atoms with Gasteiger partial charge in [0.1, 0.15) is 0 Å². The molecule has 0 unspecified atom stereocenters. The van der Waals surface area contributed by atoms with E-state index in [0.29, 0.717) is 35.2 Å². The molecule has 2 aromatic carbocycles. The second kappa shape index (κ2) is 21.3. The highest BCUT2D eigenvalue weighted by Gasteiger charge is 2.13. The molecule has 0 N–H and O–H groups in total. The summed E-state index contributed by atoms with van der Waals surface area (Å²) in [6.45, 7) is 2.26. The minimum absolute atomic E-state index is 0.230. The van der Waals surface area contributed by atoms with Crippen LogP contribution in [0.25, 0.3) is 12.2 Å². The predicted molar refractivity (Wildman–Crippen MR) is 173 cm³/mol. The summed E-state index contributed by atoms with van der Waals surface area (Å²) in [5.74, 6) is 2.43. The molecule has 6 nitrogen and oxygen atoms in total. The van der Waals surface area contributed by atoms with Crippen LogP contribution in [0.2, 0.25) is 0 Å². The van der Waals surface area contributed by atoms with Gasteiger partial charge < -0.3 is 23.7 Å². The van der Waals surface area contributed by atoms with Gasteiger partial charge in [0.15, 0.2) is 23.0 Å². The molecule has 0 aliphatic rings. The molecule has 0 bridgehead atoms. The summed E-state index contributed by atoms with van der Waals surface area (Å²) >= 11 is 0. The zero-order valence-electron chi connectivity index (χ0n) is 26.5. The molecule has 0 spiro atoms. The second-order valence-electron chi connectivity index (χ2n) is 10.5. The average Bonchev–Trinajstić information content (AvgIpc) is 3.01. The van der Waals surface area contributed by atoms with E-state index in [2.05, 4.69) is 19.1 Å². The molecule has 0 atom stereocenters. The number of carbonyl (C=O) groups excluding carboxylic acids is 1. The monoisotopic (exact) mass is 580 g/mol. The topological polar surface area (TPSA) is 63.2 Å².